The van der Waals surface area contributed by atoms with Crippen LogP contribution in [-0.2, 0) is 23.9 Å². The molecule has 4 saturated heterocycles. The molecule has 11 heteroatoms. The molecule has 8 nitrogen and oxygen atoms in total. The molecular formula is C20H31F3N2O6. The molecule has 0 unspecified atom stereocenters. The van der Waals surface area contributed by atoms with Crippen molar-refractivity contribution >= 4 is 11.9 Å². The molecule has 0 spiro atoms. The summed E-state index contributed by atoms with van der Waals surface area (Å²) in [4.78, 5) is 29.5. The van der Waals surface area contributed by atoms with Gasteiger partial charge in [-0.25, -0.2) is 9.86 Å². The third kappa shape index (κ3) is 7.03. The summed E-state index contributed by atoms with van der Waals surface area (Å²) in [5.74, 6) is -1.38. The first-order chi connectivity index (χ1) is 14.7. The number of carboxylic acid groups (broad SMARTS) is 1. The summed E-state index contributed by atoms with van der Waals surface area (Å²) in [5.41, 5.74) is 0. The first-order valence-corrected chi connectivity index (χ1v) is 10.9. The number of ether oxygens (including phenoxy) is 2. The highest BCUT2D eigenvalue weighted by Crippen LogP contribution is 2.33. The minimum absolute atomic E-state index is 0.0209. The molecule has 0 aromatic rings. The first kappa shape index (κ1) is 24.2. The number of amides is 1. The van der Waals surface area contributed by atoms with Gasteiger partial charge in [-0.05, 0) is 43.9 Å². The van der Waals surface area contributed by atoms with Crippen LogP contribution in [0.25, 0.3) is 0 Å². The quantitative estimate of drug-likeness (QED) is 0.700. The lowest BCUT2D eigenvalue weighted by Crippen LogP contribution is -2.51. The monoisotopic (exact) mass is 452 g/mol. The number of carbonyl (C=O) groups excluding carboxylic acids is 1. The molecule has 3 atom stereocenters. The number of halogens is 3. The summed E-state index contributed by atoms with van der Waals surface area (Å²) in [7, 11) is 0. The number of alkyl halides is 3. The molecule has 0 radical (unpaired) electrons. The fourth-order valence-electron chi connectivity index (χ4n) is 4.66. The van der Waals surface area contributed by atoms with Crippen LogP contribution >= 0.6 is 0 Å². The Bertz CT molecular complexity index is 608. The maximum absolute atomic E-state index is 12.6. The summed E-state index contributed by atoms with van der Waals surface area (Å²) in [6.07, 6.45) is 0.648. The maximum atomic E-state index is 12.6. The van der Waals surface area contributed by atoms with Crippen molar-refractivity contribution in [1.29, 1.82) is 0 Å². The van der Waals surface area contributed by atoms with Crippen molar-refractivity contribution in [2.75, 3.05) is 52.6 Å². The van der Waals surface area contributed by atoms with Crippen molar-refractivity contribution in [3.8, 4) is 0 Å². The van der Waals surface area contributed by atoms with Gasteiger partial charge in [-0.2, -0.15) is 13.2 Å². The number of hydrogen-bond acceptors (Lipinski definition) is 6. The van der Waals surface area contributed by atoms with Crippen LogP contribution in [0.15, 0.2) is 0 Å². The van der Waals surface area contributed by atoms with Gasteiger partial charge in [-0.3, -0.25) is 9.63 Å². The molecule has 0 saturated carbocycles. The van der Waals surface area contributed by atoms with Crippen LogP contribution in [0.4, 0.5) is 13.2 Å². The predicted molar refractivity (Wildman–Crippen MR) is 102 cm³/mol. The summed E-state index contributed by atoms with van der Waals surface area (Å²) in [6, 6.07) is 0. The van der Waals surface area contributed by atoms with E-state index in [0.717, 1.165) is 58.0 Å². The van der Waals surface area contributed by atoms with Crippen molar-refractivity contribution in [3.63, 3.8) is 0 Å². The number of carboxylic acids is 1. The zero-order chi connectivity index (χ0) is 22.4. The summed E-state index contributed by atoms with van der Waals surface area (Å²) < 4.78 is 43.3. The second-order valence-corrected chi connectivity index (χ2v) is 8.60. The van der Waals surface area contributed by atoms with Crippen LogP contribution in [0, 0.1) is 17.8 Å². The van der Waals surface area contributed by atoms with Crippen LogP contribution in [-0.4, -0.2) is 91.8 Å². The molecule has 0 aromatic heterocycles. The molecule has 0 bridgehead atoms. The van der Waals surface area contributed by atoms with Crippen LogP contribution in [0.1, 0.15) is 32.1 Å². The lowest BCUT2D eigenvalue weighted by molar-refractivity contribution is -0.192. The highest BCUT2D eigenvalue weighted by atomic mass is 19.4. The van der Waals surface area contributed by atoms with Crippen molar-refractivity contribution in [1.82, 2.24) is 9.96 Å². The average molecular weight is 452 g/mol. The van der Waals surface area contributed by atoms with Crippen LogP contribution in [0.3, 0.4) is 0 Å². The van der Waals surface area contributed by atoms with Gasteiger partial charge in [-0.1, -0.05) is 0 Å². The number of likely N-dealkylation sites (tertiary alicyclic amines) is 1. The van der Waals surface area contributed by atoms with E-state index in [9.17, 15) is 18.0 Å². The van der Waals surface area contributed by atoms with Crippen LogP contribution in [0.2, 0.25) is 0 Å². The summed E-state index contributed by atoms with van der Waals surface area (Å²) in [6.45, 7) is 7.20. The fraction of sp³-hybridized carbons (Fsp3) is 0.900. The second kappa shape index (κ2) is 10.9. The van der Waals surface area contributed by atoms with Gasteiger partial charge in [0.1, 0.15) is 0 Å². The maximum Gasteiger partial charge on any atom is 0.490 e. The number of fused-ring (bicyclic) bond motifs is 1. The molecule has 4 fully saturated rings. The molecule has 4 heterocycles. The number of nitrogens with zero attached hydrogens (tertiary/aromatic N) is 2. The van der Waals surface area contributed by atoms with Gasteiger partial charge >= 0.3 is 12.1 Å². The molecule has 0 aliphatic carbocycles. The number of hydroxylamine groups is 2. The molecule has 4 aliphatic heterocycles. The highest BCUT2D eigenvalue weighted by Gasteiger charge is 2.40. The number of hydrogen-bond donors (Lipinski definition) is 1. The lowest BCUT2D eigenvalue weighted by Gasteiger charge is -2.44. The molecule has 4 aliphatic rings. The van der Waals surface area contributed by atoms with E-state index in [2.05, 4.69) is 4.90 Å². The van der Waals surface area contributed by atoms with Crippen molar-refractivity contribution in [2.24, 2.45) is 17.8 Å². The van der Waals surface area contributed by atoms with E-state index < -0.39 is 12.1 Å². The number of piperidine rings is 1. The van der Waals surface area contributed by atoms with Crippen LogP contribution in [0.5, 0.6) is 0 Å². The molecule has 31 heavy (non-hydrogen) atoms. The highest BCUT2D eigenvalue weighted by molar-refractivity contribution is 5.78. The Balaban J connectivity index is 0.000000339. The normalized spacial score (nSPS) is 30.3. The Morgan fingerprint density at radius 1 is 1.06 bits per heavy atom. The third-order valence-electron chi connectivity index (χ3n) is 6.29. The summed E-state index contributed by atoms with van der Waals surface area (Å²) in [5, 5.41) is 8.69. The zero-order valence-electron chi connectivity index (χ0n) is 17.5. The Labute approximate surface area is 179 Å². The summed E-state index contributed by atoms with van der Waals surface area (Å²) >= 11 is 0. The van der Waals surface area contributed by atoms with Gasteiger partial charge in [0.2, 0.25) is 0 Å². The fourth-order valence-corrected chi connectivity index (χ4v) is 4.66. The largest absolute Gasteiger partial charge is 0.490 e. The molecular weight excluding hydrogens is 421 g/mol. The minimum atomic E-state index is -5.08. The van der Waals surface area contributed by atoms with Gasteiger partial charge in [0.15, 0.2) is 0 Å². The van der Waals surface area contributed by atoms with Crippen molar-refractivity contribution < 1.29 is 42.2 Å². The molecule has 1 amide bonds. The second-order valence-electron chi connectivity index (χ2n) is 8.60. The standard InChI is InChI=1S/C18H30N2O4.C2HF3O2/c21-18(20-5-1-7-24-20)16-10-15-12-19(6-2-17(15)23-13-16)11-14-3-8-22-9-4-14;3-2(4,5)1(6)7/h14-17H,1-13H2;(H,6,7)/t15-,16-,17+;/m0./s1. The molecule has 0 aromatic carbocycles. The van der Waals surface area contributed by atoms with E-state index in [-0.39, 0.29) is 11.8 Å². The van der Waals surface area contributed by atoms with E-state index in [1.165, 1.54) is 19.4 Å². The van der Waals surface area contributed by atoms with Gasteiger partial charge in [-0.15, -0.1) is 0 Å². The van der Waals surface area contributed by atoms with Crippen LogP contribution < -0.4 is 0 Å². The van der Waals surface area contributed by atoms with Crippen molar-refractivity contribution in [2.45, 2.75) is 44.4 Å². The van der Waals surface area contributed by atoms with Crippen molar-refractivity contribution in [3.05, 3.63) is 0 Å². The van der Waals surface area contributed by atoms with E-state index in [0.29, 0.717) is 25.2 Å². The smallest absolute Gasteiger partial charge is 0.475 e. The average Bonchev–Trinajstić information content (AvgIpc) is 3.28. The van der Waals surface area contributed by atoms with E-state index in [1.54, 1.807) is 5.06 Å². The minimum Gasteiger partial charge on any atom is -0.475 e. The molecule has 1 N–H and O–H groups in total. The Morgan fingerprint density at radius 3 is 2.39 bits per heavy atom. The van der Waals surface area contributed by atoms with Gasteiger partial charge in [0.05, 0.1) is 31.8 Å². The number of aliphatic carboxylic acids is 1. The molecule has 178 valence electrons. The first-order valence-electron chi connectivity index (χ1n) is 10.9. The number of carbonyl (C=O) groups is 2. The number of rotatable bonds is 3. The third-order valence-corrected chi connectivity index (χ3v) is 6.29. The van der Waals surface area contributed by atoms with Gasteiger partial charge < -0.3 is 19.5 Å². The van der Waals surface area contributed by atoms with E-state index in [1.807, 2.05) is 0 Å². The molecule has 4 rings (SSSR count). The Morgan fingerprint density at radius 2 is 1.77 bits per heavy atom. The topological polar surface area (TPSA) is 88.5 Å². The zero-order valence-corrected chi connectivity index (χ0v) is 17.5. The SMILES string of the molecule is O=C(O)C(F)(F)F.O=C([C@@H]1CO[C@@H]2CCN(CC3CCOCC3)C[C@@H]2C1)N1CCCO1. The van der Waals surface area contributed by atoms with E-state index >= 15 is 0 Å². The Kier molecular flexibility index (Phi) is 8.54. The van der Waals surface area contributed by atoms with Gasteiger partial charge in [0, 0.05) is 32.8 Å². The van der Waals surface area contributed by atoms with Gasteiger partial charge in [0.25, 0.3) is 5.91 Å². The van der Waals surface area contributed by atoms with E-state index in [4.69, 9.17) is 24.2 Å². The Hall–Kier alpha value is -1.43. The lowest BCUT2D eigenvalue weighted by atomic mass is 9.82. The predicted octanol–water partition coefficient (Wildman–Crippen LogP) is 1.94.